The van der Waals surface area contributed by atoms with Crippen LogP contribution in [0.2, 0.25) is 5.02 Å². The highest BCUT2D eigenvalue weighted by molar-refractivity contribution is 6.32. The average Bonchev–Trinajstić information content (AvgIpc) is 2.38. The number of hydrogen-bond acceptors (Lipinski definition) is 5. The van der Waals surface area contributed by atoms with E-state index in [-0.39, 0.29) is 22.3 Å². The van der Waals surface area contributed by atoms with Gasteiger partial charge in [-0.15, -0.1) is 0 Å². The zero-order valence-electron chi connectivity index (χ0n) is 10.3. The molecule has 20 heavy (non-hydrogen) atoms. The van der Waals surface area contributed by atoms with Crippen LogP contribution in [-0.2, 0) is 0 Å². The number of hydrogen-bond donors (Lipinski definition) is 0. The number of halogens is 1. The highest BCUT2D eigenvalue weighted by Gasteiger charge is 2.14. The maximum absolute atomic E-state index is 10.7. The first-order valence-electron chi connectivity index (χ1n) is 5.50. The van der Waals surface area contributed by atoms with Gasteiger partial charge < -0.3 is 4.74 Å². The number of aryl methyl sites for hydroxylation is 1. The molecule has 1 heterocycles. The minimum atomic E-state index is -0.586. The van der Waals surface area contributed by atoms with Crippen LogP contribution in [0.3, 0.4) is 0 Å². The second kappa shape index (κ2) is 5.55. The second-order valence-corrected chi connectivity index (χ2v) is 4.30. The molecule has 0 amide bonds. The van der Waals surface area contributed by atoms with E-state index in [0.717, 1.165) is 5.56 Å². The first kappa shape index (κ1) is 13.8. The maximum atomic E-state index is 10.7. The lowest BCUT2D eigenvalue weighted by Gasteiger charge is -2.07. The van der Waals surface area contributed by atoms with Crippen molar-refractivity contribution in [2.75, 3.05) is 0 Å². The lowest BCUT2D eigenvalue weighted by molar-refractivity contribution is -0.384. The third-order valence-electron chi connectivity index (χ3n) is 2.57. The average molecular weight is 290 g/mol. The van der Waals surface area contributed by atoms with E-state index in [2.05, 4.69) is 4.98 Å². The molecular formula is C13H8ClN3O3. The molecular weight excluding hydrogens is 282 g/mol. The highest BCUT2D eigenvalue weighted by Crippen LogP contribution is 2.31. The Hall–Kier alpha value is -2.65. The highest BCUT2D eigenvalue weighted by atomic mass is 35.5. The lowest BCUT2D eigenvalue weighted by atomic mass is 10.2. The van der Waals surface area contributed by atoms with Crippen LogP contribution in [0.15, 0.2) is 30.5 Å². The SMILES string of the molecule is Cc1ccnc(Oc2ccc([N+](=O)[O-])c(Cl)c2)c1C#N. The Balaban J connectivity index is 2.37. The minimum Gasteiger partial charge on any atom is -0.438 e. The van der Waals surface area contributed by atoms with Gasteiger partial charge in [-0.1, -0.05) is 11.6 Å². The predicted octanol–water partition coefficient (Wildman–Crippen LogP) is 3.62. The standard InChI is InChI=1S/C13H8ClN3O3/c1-8-4-5-16-13(10(8)7-15)20-9-2-3-12(17(18)19)11(14)6-9/h2-6H,1H3. The van der Waals surface area contributed by atoms with Gasteiger partial charge in [-0.3, -0.25) is 10.1 Å². The largest absolute Gasteiger partial charge is 0.438 e. The zero-order valence-corrected chi connectivity index (χ0v) is 11.1. The molecule has 0 saturated carbocycles. The molecule has 7 heteroatoms. The molecule has 0 aliphatic carbocycles. The van der Waals surface area contributed by atoms with E-state index in [1.165, 1.54) is 24.4 Å². The minimum absolute atomic E-state index is 0.0429. The molecule has 0 aliphatic rings. The van der Waals surface area contributed by atoms with Gasteiger partial charge in [-0.2, -0.15) is 5.26 Å². The van der Waals surface area contributed by atoms with E-state index in [4.69, 9.17) is 21.6 Å². The number of pyridine rings is 1. The van der Waals surface area contributed by atoms with Crippen LogP contribution in [0.4, 0.5) is 5.69 Å². The van der Waals surface area contributed by atoms with Crippen LogP contribution in [0, 0.1) is 28.4 Å². The lowest BCUT2D eigenvalue weighted by Crippen LogP contribution is -1.95. The summed E-state index contributed by atoms with van der Waals surface area (Å²) in [4.78, 5) is 14.0. The van der Waals surface area contributed by atoms with Gasteiger partial charge in [0.15, 0.2) is 0 Å². The van der Waals surface area contributed by atoms with E-state index in [1.807, 2.05) is 6.07 Å². The van der Waals surface area contributed by atoms with Crippen LogP contribution in [-0.4, -0.2) is 9.91 Å². The van der Waals surface area contributed by atoms with Crippen LogP contribution >= 0.6 is 11.6 Å². The van der Waals surface area contributed by atoms with Gasteiger partial charge in [0.25, 0.3) is 5.69 Å². The molecule has 2 rings (SSSR count). The molecule has 0 saturated heterocycles. The van der Waals surface area contributed by atoms with Crippen molar-refractivity contribution in [1.82, 2.24) is 4.98 Å². The topological polar surface area (TPSA) is 89.1 Å². The summed E-state index contributed by atoms with van der Waals surface area (Å²) in [7, 11) is 0. The van der Waals surface area contributed by atoms with E-state index in [1.54, 1.807) is 13.0 Å². The molecule has 2 aromatic rings. The molecule has 0 fully saturated rings. The van der Waals surface area contributed by atoms with Crippen molar-refractivity contribution in [1.29, 1.82) is 5.26 Å². The normalized spacial score (nSPS) is 9.85. The number of benzene rings is 1. The van der Waals surface area contributed by atoms with Crippen LogP contribution < -0.4 is 4.74 Å². The Bertz CT molecular complexity index is 725. The summed E-state index contributed by atoms with van der Waals surface area (Å²) in [6, 6.07) is 7.63. The Morgan fingerprint density at radius 1 is 1.45 bits per heavy atom. The maximum Gasteiger partial charge on any atom is 0.288 e. The van der Waals surface area contributed by atoms with Crippen LogP contribution in [0.1, 0.15) is 11.1 Å². The smallest absolute Gasteiger partial charge is 0.288 e. The van der Waals surface area contributed by atoms with Gasteiger partial charge in [-0.25, -0.2) is 4.98 Å². The summed E-state index contributed by atoms with van der Waals surface area (Å²) in [5.41, 5.74) is 0.823. The zero-order chi connectivity index (χ0) is 14.7. The molecule has 0 N–H and O–H groups in total. The summed E-state index contributed by atoms with van der Waals surface area (Å²) >= 11 is 5.79. The van der Waals surface area contributed by atoms with Crippen molar-refractivity contribution in [3.05, 3.63) is 56.7 Å². The number of nitrogens with zero attached hydrogens (tertiary/aromatic N) is 3. The number of nitro groups is 1. The van der Waals surface area contributed by atoms with Crippen molar-refractivity contribution in [2.45, 2.75) is 6.92 Å². The van der Waals surface area contributed by atoms with Gasteiger partial charge in [0.1, 0.15) is 22.4 Å². The molecule has 0 bridgehead atoms. The van der Waals surface area contributed by atoms with Crippen molar-refractivity contribution in [2.24, 2.45) is 0 Å². The number of ether oxygens (including phenoxy) is 1. The number of rotatable bonds is 3. The molecule has 0 unspecified atom stereocenters. The Morgan fingerprint density at radius 2 is 2.20 bits per heavy atom. The monoisotopic (exact) mass is 289 g/mol. The van der Waals surface area contributed by atoms with Gasteiger partial charge >= 0.3 is 0 Å². The molecule has 0 radical (unpaired) electrons. The summed E-state index contributed by atoms with van der Waals surface area (Å²) in [6.45, 7) is 1.76. The van der Waals surface area contributed by atoms with Crippen LogP contribution in [0.5, 0.6) is 11.6 Å². The fourth-order valence-electron chi connectivity index (χ4n) is 1.56. The summed E-state index contributed by atoms with van der Waals surface area (Å²) in [6.07, 6.45) is 1.51. The van der Waals surface area contributed by atoms with Crippen molar-refractivity contribution < 1.29 is 9.66 Å². The summed E-state index contributed by atoms with van der Waals surface area (Å²) in [5.74, 6) is 0.410. The third-order valence-corrected chi connectivity index (χ3v) is 2.87. The molecule has 0 spiro atoms. The molecule has 6 nitrogen and oxygen atoms in total. The molecule has 1 aromatic carbocycles. The van der Waals surface area contributed by atoms with Crippen molar-refractivity contribution >= 4 is 17.3 Å². The van der Waals surface area contributed by atoms with E-state index >= 15 is 0 Å². The number of aromatic nitrogens is 1. The first-order chi connectivity index (χ1) is 9.52. The Labute approximate surface area is 119 Å². The molecule has 100 valence electrons. The predicted molar refractivity (Wildman–Crippen MR) is 71.9 cm³/mol. The van der Waals surface area contributed by atoms with E-state index in [9.17, 15) is 10.1 Å². The Morgan fingerprint density at radius 3 is 2.80 bits per heavy atom. The third kappa shape index (κ3) is 2.68. The summed E-state index contributed by atoms with van der Waals surface area (Å²) < 4.78 is 5.46. The fraction of sp³-hybridized carbons (Fsp3) is 0.0769. The fourth-order valence-corrected chi connectivity index (χ4v) is 1.80. The Kier molecular flexibility index (Phi) is 3.82. The summed E-state index contributed by atoms with van der Waals surface area (Å²) in [5, 5.41) is 19.7. The first-order valence-corrected chi connectivity index (χ1v) is 5.88. The van der Waals surface area contributed by atoms with Gasteiger partial charge in [0, 0.05) is 18.3 Å². The van der Waals surface area contributed by atoms with Crippen molar-refractivity contribution in [3.8, 4) is 17.7 Å². The number of nitro benzene ring substituents is 1. The molecule has 0 atom stereocenters. The van der Waals surface area contributed by atoms with Gasteiger partial charge in [0.05, 0.1) is 4.92 Å². The second-order valence-electron chi connectivity index (χ2n) is 3.89. The van der Waals surface area contributed by atoms with Gasteiger partial charge in [0.2, 0.25) is 5.88 Å². The quantitative estimate of drug-likeness (QED) is 0.636. The van der Waals surface area contributed by atoms with E-state index < -0.39 is 4.92 Å². The molecule has 1 aromatic heterocycles. The van der Waals surface area contributed by atoms with E-state index in [0.29, 0.717) is 5.56 Å². The van der Waals surface area contributed by atoms with Crippen LogP contribution in [0.25, 0.3) is 0 Å². The molecule has 0 aliphatic heterocycles. The number of nitriles is 1. The van der Waals surface area contributed by atoms with Crippen molar-refractivity contribution in [3.63, 3.8) is 0 Å². The van der Waals surface area contributed by atoms with Gasteiger partial charge in [-0.05, 0) is 24.6 Å².